The molecule has 3 nitrogen and oxygen atoms in total. The Kier molecular flexibility index (Phi) is 35.5. The maximum atomic E-state index is 15.5. The van der Waals surface area contributed by atoms with Crippen molar-refractivity contribution in [2.45, 2.75) is 265 Å². The van der Waals surface area contributed by atoms with Crippen molar-refractivity contribution in [3.8, 4) is 0 Å². The van der Waals surface area contributed by atoms with Crippen molar-refractivity contribution in [2.75, 3.05) is 13.2 Å². The Hall–Kier alpha value is 0.0269. The first-order valence-electron chi connectivity index (χ1n) is 22.1. The molecule has 0 aliphatic carbocycles. The van der Waals surface area contributed by atoms with Gasteiger partial charge in [-0.3, -0.25) is 0 Å². The first-order chi connectivity index (χ1) is 23.5. The second-order valence-electron chi connectivity index (χ2n) is 15.1. The van der Waals surface area contributed by atoms with Gasteiger partial charge in [-0.15, -0.1) is 0 Å². The maximum Gasteiger partial charge on any atom is 0.501 e. The SMILES string of the molecule is CCCCCCCCCCC(F)CC[Si](OCC)(OCC)OC(CCCCCCCC)(CCCCCCCC)CCCCCCCCC. The lowest BCUT2D eigenvalue weighted by Crippen LogP contribution is -2.53. The summed E-state index contributed by atoms with van der Waals surface area (Å²) in [6.07, 6.45) is 38.4. The highest BCUT2D eigenvalue weighted by molar-refractivity contribution is 6.60. The summed E-state index contributed by atoms with van der Waals surface area (Å²) in [5.41, 5.74) is -0.209. The summed E-state index contributed by atoms with van der Waals surface area (Å²) in [5.74, 6) is 0. The van der Waals surface area contributed by atoms with Crippen LogP contribution in [0.1, 0.15) is 247 Å². The van der Waals surface area contributed by atoms with Gasteiger partial charge in [0.25, 0.3) is 0 Å². The summed E-state index contributed by atoms with van der Waals surface area (Å²) < 4.78 is 36.1. The molecule has 48 heavy (non-hydrogen) atoms. The average Bonchev–Trinajstić information content (AvgIpc) is 3.08. The molecule has 0 aromatic rings. The third-order valence-electron chi connectivity index (χ3n) is 10.4. The lowest BCUT2D eigenvalue weighted by Gasteiger charge is -2.42. The molecule has 0 radical (unpaired) electrons. The number of rotatable bonds is 40. The zero-order valence-electron chi connectivity index (χ0n) is 33.9. The highest BCUT2D eigenvalue weighted by Crippen LogP contribution is 2.38. The molecular formula is C43H89FO3Si. The minimum atomic E-state index is -3.06. The topological polar surface area (TPSA) is 27.7 Å². The van der Waals surface area contributed by atoms with Gasteiger partial charge in [0.1, 0.15) is 6.17 Å². The van der Waals surface area contributed by atoms with E-state index in [1.807, 2.05) is 0 Å². The van der Waals surface area contributed by atoms with Gasteiger partial charge in [0.05, 0.1) is 5.60 Å². The van der Waals surface area contributed by atoms with Crippen molar-refractivity contribution in [3.63, 3.8) is 0 Å². The molecule has 0 aliphatic rings. The quantitative estimate of drug-likeness (QED) is 0.0470. The normalized spacial score (nSPS) is 13.1. The Labute approximate surface area is 303 Å². The van der Waals surface area contributed by atoms with Crippen LogP contribution in [0.25, 0.3) is 0 Å². The van der Waals surface area contributed by atoms with E-state index in [-0.39, 0.29) is 5.60 Å². The van der Waals surface area contributed by atoms with E-state index in [2.05, 4.69) is 41.5 Å². The fourth-order valence-corrected chi connectivity index (χ4v) is 10.5. The van der Waals surface area contributed by atoms with Crippen LogP contribution in [0.2, 0.25) is 6.04 Å². The molecule has 0 rings (SSSR count). The van der Waals surface area contributed by atoms with E-state index in [4.69, 9.17) is 13.3 Å². The summed E-state index contributed by atoms with van der Waals surface area (Å²) in [5, 5.41) is 0. The molecule has 0 amide bonds. The van der Waals surface area contributed by atoms with Gasteiger partial charge in [0.2, 0.25) is 0 Å². The zero-order valence-corrected chi connectivity index (χ0v) is 34.9. The Balaban J connectivity index is 5.70. The highest BCUT2D eigenvalue weighted by atomic mass is 28.4. The molecule has 0 bridgehead atoms. The van der Waals surface area contributed by atoms with E-state index in [0.29, 0.717) is 32.1 Å². The van der Waals surface area contributed by atoms with E-state index in [1.165, 1.54) is 161 Å². The van der Waals surface area contributed by atoms with Gasteiger partial charge in [0, 0.05) is 19.3 Å². The smallest absolute Gasteiger partial charge is 0.374 e. The Bertz CT molecular complexity index is 611. The second kappa shape index (κ2) is 35.4. The van der Waals surface area contributed by atoms with E-state index in [9.17, 15) is 0 Å². The van der Waals surface area contributed by atoms with Crippen molar-refractivity contribution in [1.82, 2.24) is 0 Å². The molecule has 0 heterocycles. The van der Waals surface area contributed by atoms with Crippen LogP contribution in [-0.4, -0.2) is 33.8 Å². The molecule has 5 heteroatoms. The van der Waals surface area contributed by atoms with Crippen LogP contribution < -0.4 is 0 Å². The lowest BCUT2D eigenvalue weighted by molar-refractivity contribution is -0.0498. The van der Waals surface area contributed by atoms with E-state index in [1.54, 1.807) is 0 Å². The first-order valence-corrected chi connectivity index (χ1v) is 24.0. The Morgan fingerprint density at radius 3 is 1.06 bits per heavy atom. The fourth-order valence-electron chi connectivity index (χ4n) is 7.43. The van der Waals surface area contributed by atoms with Crippen LogP contribution >= 0.6 is 0 Å². The Morgan fingerprint density at radius 2 is 0.729 bits per heavy atom. The van der Waals surface area contributed by atoms with Crippen LogP contribution in [0, 0.1) is 0 Å². The van der Waals surface area contributed by atoms with Crippen molar-refractivity contribution in [1.29, 1.82) is 0 Å². The predicted octanol–water partition coefficient (Wildman–Crippen LogP) is 15.7. The van der Waals surface area contributed by atoms with E-state index >= 15 is 4.39 Å². The van der Waals surface area contributed by atoms with Crippen LogP contribution in [0.4, 0.5) is 4.39 Å². The standard InChI is InChI=1S/C43H89FO3Si/c1-7-13-17-21-25-26-28-32-36-42(44)37-41-48(45-11-5,46-12-6)47-43(38-33-29-23-19-15-9-3,39-34-30-24-20-16-10-4)40-35-31-27-22-18-14-8-2/h42H,7-41H2,1-6H3. The number of hydrogen-bond donors (Lipinski definition) is 0. The molecule has 0 aromatic carbocycles. The zero-order chi connectivity index (χ0) is 35.4. The van der Waals surface area contributed by atoms with Gasteiger partial charge < -0.3 is 13.3 Å². The monoisotopic (exact) mass is 701 g/mol. The Morgan fingerprint density at radius 1 is 0.417 bits per heavy atom. The van der Waals surface area contributed by atoms with E-state index < -0.39 is 15.0 Å². The molecule has 0 saturated heterocycles. The third-order valence-corrected chi connectivity index (χ3v) is 13.5. The lowest BCUT2D eigenvalue weighted by atomic mass is 9.85. The van der Waals surface area contributed by atoms with Crippen LogP contribution in [0.3, 0.4) is 0 Å². The number of alkyl halides is 1. The molecule has 0 aliphatic heterocycles. The summed E-state index contributed by atoms with van der Waals surface area (Å²) in [6, 6.07) is 0.610. The summed E-state index contributed by atoms with van der Waals surface area (Å²) >= 11 is 0. The van der Waals surface area contributed by atoms with Crippen LogP contribution in [-0.2, 0) is 13.3 Å². The minimum absolute atomic E-state index is 0.209. The van der Waals surface area contributed by atoms with Crippen molar-refractivity contribution < 1.29 is 17.7 Å². The van der Waals surface area contributed by atoms with Crippen molar-refractivity contribution in [2.24, 2.45) is 0 Å². The highest BCUT2D eigenvalue weighted by Gasteiger charge is 2.48. The van der Waals surface area contributed by atoms with Gasteiger partial charge in [-0.1, -0.05) is 201 Å². The molecule has 0 N–H and O–H groups in total. The van der Waals surface area contributed by atoms with Crippen LogP contribution in [0.15, 0.2) is 0 Å². The predicted molar refractivity (Wildman–Crippen MR) is 213 cm³/mol. The second-order valence-corrected chi connectivity index (χ2v) is 17.8. The van der Waals surface area contributed by atoms with Gasteiger partial charge in [-0.25, -0.2) is 4.39 Å². The summed E-state index contributed by atoms with van der Waals surface area (Å²) in [6.45, 7) is 14.4. The van der Waals surface area contributed by atoms with E-state index in [0.717, 1.165) is 32.1 Å². The first kappa shape index (κ1) is 48.0. The maximum absolute atomic E-state index is 15.5. The minimum Gasteiger partial charge on any atom is -0.374 e. The summed E-state index contributed by atoms with van der Waals surface area (Å²) in [7, 11) is -3.06. The number of unbranched alkanes of at least 4 members (excludes halogenated alkanes) is 23. The molecule has 0 fully saturated rings. The molecule has 0 aromatic heterocycles. The van der Waals surface area contributed by atoms with Gasteiger partial charge in [0.15, 0.2) is 0 Å². The summed E-state index contributed by atoms with van der Waals surface area (Å²) in [4.78, 5) is 0. The number of hydrogen-bond acceptors (Lipinski definition) is 3. The molecule has 0 spiro atoms. The third kappa shape index (κ3) is 27.7. The van der Waals surface area contributed by atoms with Gasteiger partial charge in [-0.2, -0.15) is 0 Å². The molecular weight excluding hydrogens is 612 g/mol. The average molecular weight is 701 g/mol. The van der Waals surface area contributed by atoms with Crippen molar-refractivity contribution >= 4 is 8.80 Å². The number of halogens is 1. The van der Waals surface area contributed by atoms with Crippen molar-refractivity contribution in [3.05, 3.63) is 0 Å². The van der Waals surface area contributed by atoms with Gasteiger partial charge >= 0.3 is 8.80 Å². The fraction of sp³-hybridized carbons (Fsp3) is 1.00. The molecule has 1 unspecified atom stereocenters. The van der Waals surface area contributed by atoms with Gasteiger partial charge in [-0.05, 0) is 46.0 Å². The molecule has 290 valence electrons. The molecule has 0 saturated carbocycles. The largest absolute Gasteiger partial charge is 0.501 e. The molecule has 1 atom stereocenters. The van der Waals surface area contributed by atoms with Crippen LogP contribution in [0.5, 0.6) is 0 Å².